The predicted molar refractivity (Wildman–Crippen MR) is 53.9 cm³/mol. The van der Waals surface area contributed by atoms with Crippen LogP contribution in [-0.4, -0.2) is 29.4 Å². The van der Waals surface area contributed by atoms with Gasteiger partial charge in [0.15, 0.2) is 0 Å². The van der Waals surface area contributed by atoms with Crippen LogP contribution in [-0.2, 0) is 4.79 Å². The van der Waals surface area contributed by atoms with Gasteiger partial charge in [-0.05, 0) is 13.3 Å². The highest BCUT2D eigenvalue weighted by Gasteiger charge is 2.21. The molecule has 70 valence electrons. The van der Waals surface area contributed by atoms with Crippen LogP contribution in [0.5, 0.6) is 0 Å². The molecule has 0 aliphatic rings. The fourth-order valence-corrected chi connectivity index (χ4v) is 1.19. The van der Waals surface area contributed by atoms with Crippen LogP contribution in [0, 0.1) is 5.92 Å². The molecule has 0 aliphatic carbocycles. The summed E-state index contributed by atoms with van der Waals surface area (Å²) in [5.41, 5.74) is 5.42. The standard InChI is InChI=1S/C8H16N2OS/c1-4-6(7(9)12)8(11)10(3)5-2/h6H,4-5H2,1-3H3,(H2,9,12). The topological polar surface area (TPSA) is 46.3 Å². The molecule has 1 unspecified atom stereocenters. The first-order valence-electron chi connectivity index (χ1n) is 4.08. The van der Waals surface area contributed by atoms with Crippen molar-refractivity contribution >= 4 is 23.1 Å². The minimum Gasteiger partial charge on any atom is -0.393 e. The average molecular weight is 188 g/mol. The Morgan fingerprint density at radius 3 is 2.33 bits per heavy atom. The number of hydrogen-bond donors (Lipinski definition) is 1. The van der Waals surface area contributed by atoms with E-state index in [0.717, 1.165) is 0 Å². The smallest absolute Gasteiger partial charge is 0.232 e. The highest BCUT2D eigenvalue weighted by Crippen LogP contribution is 2.06. The Morgan fingerprint density at radius 1 is 1.58 bits per heavy atom. The molecule has 0 aromatic heterocycles. The Bertz CT molecular complexity index is 182. The second-order valence-electron chi connectivity index (χ2n) is 2.72. The number of carbonyl (C=O) groups is 1. The second-order valence-corrected chi connectivity index (χ2v) is 3.19. The molecule has 0 fully saturated rings. The van der Waals surface area contributed by atoms with E-state index in [4.69, 9.17) is 18.0 Å². The first-order chi connectivity index (χ1) is 5.54. The monoisotopic (exact) mass is 188 g/mol. The summed E-state index contributed by atoms with van der Waals surface area (Å²) in [7, 11) is 1.75. The first kappa shape index (κ1) is 11.4. The molecule has 3 nitrogen and oxygen atoms in total. The van der Waals surface area contributed by atoms with E-state index in [-0.39, 0.29) is 11.8 Å². The SMILES string of the molecule is CCC(C(=O)N(C)CC)C(N)=S. The van der Waals surface area contributed by atoms with Crippen LogP contribution in [0.4, 0.5) is 0 Å². The lowest BCUT2D eigenvalue weighted by atomic mass is 10.1. The average Bonchev–Trinajstić information content (AvgIpc) is 2.03. The van der Waals surface area contributed by atoms with Gasteiger partial charge >= 0.3 is 0 Å². The number of thiocarbonyl (C=S) groups is 1. The second kappa shape index (κ2) is 5.09. The van der Waals surface area contributed by atoms with Crippen LogP contribution in [0.1, 0.15) is 20.3 Å². The van der Waals surface area contributed by atoms with E-state index in [2.05, 4.69) is 0 Å². The molecule has 2 N–H and O–H groups in total. The fraction of sp³-hybridized carbons (Fsp3) is 0.750. The Kier molecular flexibility index (Phi) is 4.81. The van der Waals surface area contributed by atoms with E-state index in [1.807, 2.05) is 13.8 Å². The van der Waals surface area contributed by atoms with Gasteiger partial charge in [0.05, 0.1) is 10.9 Å². The fourth-order valence-electron chi connectivity index (χ4n) is 0.919. The molecular weight excluding hydrogens is 172 g/mol. The van der Waals surface area contributed by atoms with Gasteiger partial charge in [-0.25, -0.2) is 0 Å². The zero-order valence-electron chi connectivity index (χ0n) is 7.83. The van der Waals surface area contributed by atoms with Crippen molar-refractivity contribution in [2.45, 2.75) is 20.3 Å². The number of rotatable bonds is 4. The van der Waals surface area contributed by atoms with Crippen molar-refractivity contribution in [3.8, 4) is 0 Å². The molecule has 0 aromatic carbocycles. The minimum atomic E-state index is -0.287. The van der Waals surface area contributed by atoms with Gasteiger partial charge in [-0.2, -0.15) is 0 Å². The summed E-state index contributed by atoms with van der Waals surface area (Å²) in [6.07, 6.45) is 0.679. The molecule has 0 saturated carbocycles. The minimum absolute atomic E-state index is 0.0208. The Morgan fingerprint density at radius 2 is 2.08 bits per heavy atom. The van der Waals surface area contributed by atoms with Crippen LogP contribution in [0.25, 0.3) is 0 Å². The third-order valence-electron chi connectivity index (χ3n) is 1.90. The van der Waals surface area contributed by atoms with E-state index in [1.165, 1.54) is 0 Å². The van der Waals surface area contributed by atoms with Crippen LogP contribution in [0.3, 0.4) is 0 Å². The van der Waals surface area contributed by atoms with E-state index in [9.17, 15) is 4.79 Å². The first-order valence-corrected chi connectivity index (χ1v) is 4.49. The summed E-state index contributed by atoms with van der Waals surface area (Å²) in [5.74, 6) is -0.266. The summed E-state index contributed by atoms with van der Waals surface area (Å²) in [6, 6.07) is 0. The maximum Gasteiger partial charge on any atom is 0.232 e. The quantitative estimate of drug-likeness (QED) is 0.663. The third kappa shape index (κ3) is 2.77. The molecule has 0 saturated heterocycles. The van der Waals surface area contributed by atoms with Gasteiger partial charge in [0.25, 0.3) is 0 Å². The van der Waals surface area contributed by atoms with Gasteiger partial charge in [0.2, 0.25) is 5.91 Å². The van der Waals surface area contributed by atoms with E-state index in [1.54, 1.807) is 11.9 Å². The normalized spacial score (nSPS) is 12.2. The van der Waals surface area contributed by atoms with Crippen molar-refractivity contribution in [3.63, 3.8) is 0 Å². The van der Waals surface area contributed by atoms with Crippen molar-refractivity contribution in [2.24, 2.45) is 11.7 Å². The van der Waals surface area contributed by atoms with Gasteiger partial charge < -0.3 is 10.6 Å². The Labute approximate surface area is 78.9 Å². The molecule has 12 heavy (non-hydrogen) atoms. The zero-order chi connectivity index (χ0) is 9.72. The summed E-state index contributed by atoms with van der Waals surface area (Å²) in [6.45, 7) is 4.52. The van der Waals surface area contributed by atoms with Gasteiger partial charge in [0.1, 0.15) is 0 Å². The van der Waals surface area contributed by atoms with Gasteiger partial charge in [-0.3, -0.25) is 4.79 Å². The number of nitrogens with zero attached hydrogens (tertiary/aromatic N) is 1. The maximum absolute atomic E-state index is 11.5. The highest BCUT2D eigenvalue weighted by atomic mass is 32.1. The lowest BCUT2D eigenvalue weighted by molar-refractivity contribution is -0.131. The number of nitrogens with two attached hydrogens (primary N) is 1. The van der Waals surface area contributed by atoms with E-state index in [0.29, 0.717) is 18.0 Å². The molecule has 0 aromatic rings. The number of amides is 1. The van der Waals surface area contributed by atoms with Gasteiger partial charge in [-0.1, -0.05) is 19.1 Å². The lowest BCUT2D eigenvalue weighted by Gasteiger charge is -2.20. The van der Waals surface area contributed by atoms with Crippen molar-refractivity contribution in [2.75, 3.05) is 13.6 Å². The lowest BCUT2D eigenvalue weighted by Crippen LogP contribution is -2.38. The molecule has 0 bridgehead atoms. The Balaban J connectivity index is 4.31. The largest absolute Gasteiger partial charge is 0.393 e. The number of carbonyl (C=O) groups excluding carboxylic acids is 1. The van der Waals surface area contributed by atoms with Gasteiger partial charge in [0, 0.05) is 13.6 Å². The van der Waals surface area contributed by atoms with Crippen molar-refractivity contribution in [1.29, 1.82) is 0 Å². The molecule has 4 heteroatoms. The molecular formula is C8H16N2OS. The van der Waals surface area contributed by atoms with Crippen molar-refractivity contribution in [1.82, 2.24) is 4.90 Å². The third-order valence-corrected chi connectivity index (χ3v) is 2.18. The molecule has 1 atom stereocenters. The van der Waals surface area contributed by atoms with Crippen LogP contribution >= 0.6 is 12.2 Å². The summed E-state index contributed by atoms with van der Waals surface area (Å²) in [5, 5.41) is 0. The van der Waals surface area contributed by atoms with Crippen molar-refractivity contribution in [3.05, 3.63) is 0 Å². The molecule has 0 spiro atoms. The molecule has 0 rings (SSSR count). The Hall–Kier alpha value is -0.640. The summed E-state index contributed by atoms with van der Waals surface area (Å²) >= 11 is 4.79. The van der Waals surface area contributed by atoms with Crippen LogP contribution in [0.2, 0.25) is 0 Å². The van der Waals surface area contributed by atoms with Crippen molar-refractivity contribution < 1.29 is 4.79 Å². The molecule has 0 aliphatic heterocycles. The summed E-state index contributed by atoms with van der Waals surface area (Å²) < 4.78 is 0. The predicted octanol–water partition coefficient (Wildman–Crippen LogP) is 0.777. The van der Waals surface area contributed by atoms with Gasteiger partial charge in [-0.15, -0.1) is 0 Å². The summed E-state index contributed by atoms with van der Waals surface area (Å²) in [4.78, 5) is 13.4. The maximum atomic E-state index is 11.5. The van der Waals surface area contributed by atoms with E-state index < -0.39 is 0 Å². The zero-order valence-corrected chi connectivity index (χ0v) is 8.65. The molecule has 0 heterocycles. The van der Waals surface area contributed by atoms with Crippen LogP contribution in [0.15, 0.2) is 0 Å². The molecule has 0 radical (unpaired) electrons. The molecule has 1 amide bonds. The van der Waals surface area contributed by atoms with Crippen LogP contribution < -0.4 is 5.73 Å². The number of hydrogen-bond acceptors (Lipinski definition) is 2. The van der Waals surface area contributed by atoms with E-state index >= 15 is 0 Å². The highest BCUT2D eigenvalue weighted by molar-refractivity contribution is 7.80.